The molecule has 19 heavy (non-hydrogen) atoms. The van der Waals surface area contributed by atoms with Gasteiger partial charge in [0.05, 0.1) is 5.04 Å². The molecule has 0 saturated heterocycles. The summed E-state index contributed by atoms with van der Waals surface area (Å²) >= 11 is 1.58. The van der Waals surface area contributed by atoms with Gasteiger partial charge in [0.25, 0.3) is 0 Å². The molecular weight excluding hydrogens is 254 g/mol. The molecule has 0 atom stereocenters. The second-order valence-corrected chi connectivity index (χ2v) is 4.95. The van der Waals surface area contributed by atoms with E-state index in [1.807, 2.05) is 32.3 Å². The van der Waals surface area contributed by atoms with Crippen LogP contribution in [0.15, 0.2) is 53.3 Å². The van der Waals surface area contributed by atoms with Crippen LogP contribution in [-0.4, -0.2) is 23.2 Å². The Morgan fingerprint density at radius 2 is 2.11 bits per heavy atom. The van der Waals surface area contributed by atoms with E-state index in [1.165, 1.54) is 4.90 Å². The molecule has 3 nitrogen and oxygen atoms in total. The van der Waals surface area contributed by atoms with Gasteiger partial charge in [-0.2, -0.15) is 5.26 Å². The first-order valence-electron chi connectivity index (χ1n) is 5.85. The molecule has 0 aliphatic heterocycles. The highest BCUT2D eigenvalue weighted by molar-refractivity contribution is 8.13. The Kier molecular flexibility index (Phi) is 8.39. The van der Waals surface area contributed by atoms with Crippen LogP contribution in [0.5, 0.6) is 0 Å². The van der Waals surface area contributed by atoms with Crippen molar-refractivity contribution in [3.8, 4) is 6.19 Å². The highest BCUT2D eigenvalue weighted by atomic mass is 32.2. The number of allylic oxidation sites excluding steroid dienone is 6. The van der Waals surface area contributed by atoms with Crippen LogP contribution in [0.3, 0.4) is 0 Å². The Morgan fingerprint density at radius 1 is 1.47 bits per heavy atom. The first kappa shape index (κ1) is 17.3. The molecule has 4 heteroatoms. The lowest BCUT2D eigenvalue weighted by Gasteiger charge is -2.14. The molecule has 102 valence electrons. The monoisotopic (exact) mass is 275 g/mol. The number of nitriles is 1. The lowest BCUT2D eigenvalue weighted by Crippen LogP contribution is -2.13. The minimum atomic E-state index is 0.610. The Labute approximate surface area is 120 Å². The molecule has 0 bridgehead atoms. The van der Waals surface area contributed by atoms with Gasteiger partial charge in [-0.1, -0.05) is 24.8 Å². The zero-order valence-electron chi connectivity index (χ0n) is 12.1. The molecule has 0 aliphatic rings. The minimum absolute atomic E-state index is 0.610. The molecule has 0 aromatic carbocycles. The third-order valence-corrected chi connectivity index (χ3v) is 2.92. The van der Waals surface area contributed by atoms with Crippen LogP contribution < -0.4 is 0 Å². The molecule has 0 unspecified atom stereocenters. The quantitative estimate of drug-likeness (QED) is 0.241. The number of aliphatic imine (C=N–C) groups is 1. The van der Waals surface area contributed by atoms with Crippen LogP contribution >= 0.6 is 11.8 Å². The molecule has 0 radical (unpaired) electrons. The van der Waals surface area contributed by atoms with E-state index in [0.717, 1.165) is 22.0 Å². The Balaban J connectivity index is 5.13. The van der Waals surface area contributed by atoms with E-state index >= 15 is 0 Å². The second-order valence-electron chi connectivity index (χ2n) is 4.07. The van der Waals surface area contributed by atoms with Crippen molar-refractivity contribution in [1.29, 1.82) is 5.26 Å². The molecule has 0 rings (SSSR count). The number of thioether (sulfide) groups is 1. The van der Waals surface area contributed by atoms with Crippen LogP contribution in [0, 0.1) is 11.5 Å². The van der Waals surface area contributed by atoms with Crippen molar-refractivity contribution in [3.63, 3.8) is 0 Å². The fourth-order valence-corrected chi connectivity index (χ4v) is 1.91. The highest BCUT2D eigenvalue weighted by Crippen LogP contribution is 2.16. The molecule has 0 heterocycles. The predicted octanol–water partition coefficient (Wildman–Crippen LogP) is 4.10. The molecule has 0 aromatic rings. The summed E-state index contributed by atoms with van der Waals surface area (Å²) in [5.74, 6) is 0. The number of hydrogen-bond donors (Lipinski definition) is 0. The van der Waals surface area contributed by atoms with E-state index in [1.54, 1.807) is 24.9 Å². The van der Waals surface area contributed by atoms with Gasteiger partial charge >= 0.3 is 0 Å². The minimum Gasteiger partial charge on any atom is -0.286 e. The first-order chi connectivity index (χ1) is 8.94. The largest absolute Gasteiger partial charge is 0.286 e. The standard InChI is InChI=1S/C15H21N3S/c1-7-8-14(18(5)11-16)10-15(19-6)17-13(4)9-12(2)3/h7-9H,1-2,10H2,3-6H3/b13-9-,14-8-,17-15+. The molecule has 0 N–H and O–H groups in total. The van der Waals surface area contributed by atoms with Crippen LogP contribution in [0.1, 0.15) is 20.3 Å². The van der Waals surface area contributed by atoms with Crippen molar-refractivity contribution >= 4 is 16.8 Å². The molecular formula is C15H21N3S. The van der Waals surface area contributed by atoms with Crippen LogP contribution in [0.2, 0.25) is 0 Å². The van der Waals surface area contributed by atoms with Crippen molar-refractivity contribution in [2.75, 3.05) is 13.3 Å². The SMILES string of the molecule is C=C/C=C(/C/C(=N\C(C)=C/C(=C)C)SC)N(C)C#N. The second kappa shape index (κ2) is 9.23. The van der Waals surface area contributed by atoms with Gasteiger partial charge in [-0.05, 0) is 32.3 Å². The lowest BCUT2D eigenvalue weighted by atomic mass is 10.2. The van der Waals surface area contributed by atoms with Crippen LogP contribution in [-0.2, 0) is 0 Å². The maximum Gasteiger partial charge on any atom is 0.183 e. The molecule has 0 aromatic heterocycles. The van der Waals surface area contributed by atoms with E-state index < -0.39 is 0 Å². The van der Waals surface area contributed by atoms with Gasteiger partial charge < -0.3 is 0 Å². The third kappa shape index (κ3) is 7.32. The lowest BCUT2D eigenvalue weighted by molar-refractivity contribution is 0.581. The fourth-order valence-electron chi connectivity index (χ4n) is 1.39. The number of rotatable bonds is 6. The Hall–Kier alpha value is -1.73. The predicted molar refractivity (Wildman–Crippen MR) is 85.8 cm³/mol. The summed E-state index contributed by atoms with van der Waals surface area (Å²) in [5.41, 5.74) is 2.75. The maximum absolute atomic E-state index is 8.95. The van der Waals surface area contributed by atoms with Gasteiger partial charge in [0.1, 0.15) is 0 Å². The summed E-state index contributed by atoms with van der Waals surface area (Å²) in [6, 6.07) is 0. The van der Waals surface area contributed by atoms with Crippen molar-refractivity contribution in [1.82, 2.24) is 4.90 Å². The van der Waals surface area contributed by atoms with Gasteiger partial charge in [0, 0.05) is 24.9 Å². The normalized spacial score (nSPS) is 12.9. The van der Waals surface area contributed by atoms with Crippen LogP contribution in [0.4, 0.5) is 0 Å². The zero-order valence-corrected chi connectivity index (χ0v) is 12.9. The molecule has 0 amide bonds. The summed E-state index contributed by atoms with van der Waals surface area (Å²) in [5, 5.41) is 9.90. The third-order valence-electron chi connectivity index (χ3n) is 2.22. The van der Waals surface area contributed by atoms with E-state index in [2.05, 4.69) is 24.3 Å². The van der Waals surface area contributed by atoms with Gasteiger partial charge in [0.2, 0.25) is 0 Å². The Morgan fingerprint density at radius 3 is 2.53 bits per heavy atom. The average Bonchev–Trinajstić information content (AvgIpc) is 2.35. The van der Waals surface area contributed by atoms with E-state index in [9.17, 15) is 0 Å². The molecule has 0 spiro atoms. The summed E-state index contributed by atoms with van der Waals surface area (Å²) in [7, 11) is 1.73. The van der Waals surface area contributed by atoms with Gasteiger partial charge in [0.15, 0.2) is 6.19 Å². The van der Waals surface area contributed by atoms with Crippen LogP contribution in [0.25, 0.3) is 0 Å². The van der Waals surface area contributed by atoms with Crippen molar-refractivity contribution in [3.05, 3.63) is 48.4 Å². The number of hydrogen-bond acceptors (Lipinski definition) is 4. The molecule has 0 fully saturated rings. The summed E-state index contributed by atoms with van der Waals surface area (Å²) in [6.07, 6.45) is 10.1. The first-order valence-corrected chi connectivity index (χ1v) is 7.07. The molecule has 0 aliphatic carbocycles. The highest BCUT2D eigenvalue weighted by Gasteiger charge is 2.07. The summed E-state index contributed by atoms with van der Waals surface area (Å²) < 4.78 is 0. The van der Waals surface area contributed by atoms with Gasteiger partial charge in [-0.25, -0.2) is 0 Å². The fraction of sp³-hybridized carbons (Fsp3) is 0.333. The summed E-state index contributed by atoms with van der Waals surface area (Å²) in [6.45, 7) is 11.4. The van der Waals surface area contributed by atoms with E-state index in [4.69, 9.17) is 5.26 Å². The zero-order chi connectivity index (χ0) is 14.8. The maximum atomic E-state index is 8.95. The van der Waals surface area contributed by atoms with Crippen molar-refractivity contribution in [2.45, 2.75) is 20.3 Å². The van der Waals surface area contributed by atoms with Gasteiger partial charge in [-0.15, -0.1) is 11.8 Å². The van der Waals surface area contributed by atoms with Gasteiger partial charge in [-0.3, -0.25) is 9.89 Å². The average molecular weight is 275 g/mol. The molecule has 0 saturated carbocycles. The smallest absolute Gasteiger partial charge is 0.183 e. The van der Waals surface area contributed by atoms with Crippen molar-refractivity contribution < 1.29 is 0 Å². The Bertz CT molecular complexity index is 464. The number of nitrogens with zero attached hydrogens (tertiary/aromatic N) is 3. The van der Waals surface area contributed by atoms with Crippen molar-refractivity contribution in [2.24, 2.45) is 4.99 Å². The van der Waals surface area contributed by atoms with E-state index in [-0.39, 0.29) is 0 Å². The van der Waals surface area contributed by atoms with E-state index in [0.29, 0.717) is 6.42 Å². The summed E-state index contributed by atoms with van der Waals surface area (Å²) in [4.78, 5) is 6.06. The topological polar surface area (TPSA) is 39.4 Å².